The highest BCUT2D eigenvalue weighted by Gasteiger charge is 2.27. The summed E-state index contributed by atoms with van der Waals surface area (Å²) < 4.78 is 0.744. The zero-order valence-corrected chi connectivity index (χ0v) is 12.4. The van der Waals surface area contributed by atoms with Crippen LogP contribution in [0.4, 0.5) is 0 Å². The van der Waals surface area contributed by atoms with E-state index in [1.165, 1.54) is 6.07 Å². The molecule has 1 aromatic carbocycles. The summed E-state index contributed by atoms with van der Waals surface area (Å²) in [7, 11) is 0. The van der Waals surface area contributed by atoms with E-state index in [1.807, 2.05) is 22.6 Å². The van der Waals surface area contributed by atoms with Crippen molar-refractivity contribution < 1.29 is 9.90 Å². The molecule has 4 nitrogen and oxygen atoms in total. The summed E-state index contributed by atoms with van der Waals surface area (Å²) in [5.74, 6) is 0.555. The smallest absolute Gasteiger partial charge is 0.254 e. The van der Waals surface area contributed by atoms with Crippen LogP contribution in [0.5, 0.6) is 5.75 Å². The van der Waals surface area contributed by atoms with Crippen LogP contribution in [0.25, 0.3) is 0 Å². The molecule has 5 heteroatoms. The van der Waals surface area contributed by atoms with Gasteiger partial charge in [-0.25, -0.2) is 0 Å². The molecule has 0 bridgehead atoms. The van der Waals surface area contributed by atoms with Crippen LogP contribution >= 0.6 is 22.6 Å². The maximum atomic E-state index is 12.3. The number of phenols is 1. The summed E-state index contributed by atoms with van der Waals surface area (Å²) in [6.45, 7) is 3.44. The molecule has 1 aliphatic rings. The number of rotatable bonds is 1. The van der Waals surface area contributed by atoms with Crippen LogP contribution < -0.4 is 5.73 Å². The third kappa shape index (κ3) is 2.77. The van der Waals surface area contributed by atoms with E-state index < -0.39 is 0 Å². The Kier molecular flexibility index (Phi) is 4.11. The molecule has 1 aromatic rings. The van der Waals surface area contributed by atoms with Gasteiger partial charge in [-0.2, -0.15) is 0 Å². The molecule has 2 unspecified atom stereocenters. The van der Waals surface area contributed by atoms with E-state index in [0.29, 0.717) is 18.0 Å². The molecular formula is C13H17IN2O2. The van der Waals surface area contributed by atoms with Gasteiger partial charge in [-0.05, 0) is 53.1 Å². The third-order valence-corrected chi connectivity index (χ3v) is 4.41. The highest BCUT2D eigenvalue weighted by molar-refractivity contribution is 14.1. The zero-order chi connectivity index (χ0) is 13.3. The average Bonchev–Trinajstić information content (AvgIpc) is 2.35. The number of halogens is 1. The molecule has 98 valence electrons. The number of benzene rings is 1. The first kappa shape index (κ1) is 13.6. The highest BCUT2D eigenvalue weighted by Crippen LogP contribution is 2.23. The van der Waals surface area contributed by atoms with E-state index in [-0.39, 0.29) is 17.7 Å². The van der Waals surface area contributed by atoms with Gasteiger partial charge in [0.05, 0.1) is 3.57 Å². The van der Waals surface area contributed by atoms with Crippen LogP contribution in [0.2, 0.25) is 0 Å². The third-order valence-electron chi connectivity index (χ3n) is 3.50. The molecule has 0 spiro atoms. The summed E-state index contributed by atoms with van der Waals surface area (Å²) in [6.07, 6.45) is 0.934. The number of hydrogen-bond acceptors (Lipinski definition) is 3. The van der Waals surface area contributed by atoms with Crippen molar-refractivity contribution in [1.29, 1.82) is 0 Å². The van der Waals surface area contributed by atoms with Gasteiger partial charge in [-0.15, -0.1) is 0 Å². The minimum absolute atomic E-state index is 0.0418. The van der Waals surface area contributed by atoms with Crippen molar-refractivity contribution in [2.75, 3.05) is 13.1 Å². The number of carbonyl (C=O) groups excluding carboxylic acids is 1. The zero-order valence-electron chi connectivity index (χ0n) is 10.3. The molecule has 2 atom stereocenters. The van der Waals surface area contributed by atoms with Gasteiger partial charge in [0.1, 0.15) is 5.75 Å². The topological polar surface area (TPSA) is 66.6 Å². The van der Waals surface area contributed by atoms with Gasteiger partial charge in [-0.3, -0.25) is 4.79 Å². The number of phenolic OH excluding ortho intramolecular Hbond substituents is 1. The number of amides is 1. The number of hydrogen-bond donors (Lipinski definition) is 2. The lowest BCUT2D eigenvalue weighted by Gasteiger charge is -2.35. The molecule has 1 aliphatic heterocycles. The van der Waals surface area contributed by atoms with E-state index >= 15 is 0 Å². The van der Waals surface area contributed by atoms with E-state index in [4.69, 9.17) is 5.73 Å². The van der Waals surface area contributed by atoms with Gasteiger partial charge in [0.15, 0.2) is 0 Å². The Labute approximate surface area is 120 Å². The van der Waals surface area contributed by atoms with Crippen LogP contribution in [0, 0.1) is 9.49 Å². The Morgan fingerprint density at radius 2 is 2.28 bits per heavy atom. The van der Waals surface area contributed by atoms with Gasteiger partial charge in [0, 0.05) is 24.7 Å². The highest BCUT2D eigenvalue weighted by atomic mass is 127. The normalized spacial score (nSPS) is 24.1. The number of carbonyl (C=O) groups is 1. The molecule has 18 heavy (non-hydrogen) atoms. The van der Waals surface area contributed by atoms with Gasteiger partial charge < -0.3 is 15.7 Å². The molecule has 1 saturated heterocycles. The molecule has 2 rings (SSSR count). The Bertz CT molecular complexity index is 464. The SMILES string of the molecule is CC1CCN(C(=O)c2ccc(I)c(O)c2)CC1N. The monoisotopic (exact) mass is 360 g/mol. The van der Waals surface area contributed by atoms with E-state index in [9.17, 15) is 9.90 Å². The second-order valence-electron chi connectivity index (χ2n) is 4.85. The quantitative estimate of drug-likeness (QED) is 0.751. The lowest BCUT2D eigenvalue weighted by Crippen LogP contribution is -2.49. The van der Waals surface area contributed by atoms with Crippen LogP contribution in [0.1, 0.15) is 23.7 Å². The molecular weight excluding hydrogens is 343 g/mol. The second-order valence-corrected chi connectivity index (χ2v) is 6.01. The lowest BCUT2D eigenvalue weighted by molar-refractivity contribution is 0.0672. The number of nitrogens with zero attached hydrogens (tertiary/aromatic N) is 1. The number of nitrogens with two attached hydrogens (primary N) is 1. The average molecular weight is 360 g/mol. The van der Waals surface area contributed by atoms with Crippen molar-refractivity contribution in [3.8, 4) is 5.75 Å². The summed E-state index contributed by atoms with van der Waals surface area (Å²) in [5.41, 5.74) is 6.52. The molecule has 0 radical (unpaired) electrons. The predicted molar refractivity (Wildman–Crippen MR) is 78.5 cm³/mol. The van der Waals surface area contributed by atoms with Crippen molar-refractivity contribution in [3.05, 3.63) is 27.3 Å². The summed E-state index contributed by atoms with van der Waals surface area (Å²) in [6, 6.07) is 5.05. The summed E-state index contributed by atoms with van der Waals surface area (Å²) in [4.78, 5) is 14.0. The molecule has 1 fully saturated rings. The van der Waals surface area contributed by atoms with Gasteiger partial charge in [-0.1, -0.05) is 6.92 Å². The largest absolute Gasteiger partial charge is 0.507 e. The Balaban J connectivity index is 2.14. The van der Waals surface area contributed by atoms with Gasteiger partial charge >= 0.3 is 0 Å². The molecule has 0 saturated carbocycles. The molecule has 1 amide bonds. The van der Waals surface area contributed by atoms with Crippen molar-refractivity contribution in [2.45, 2.75) is 19.4 Å². The maximum Gasteiger partial charge on any atom is 0.254 e. The number of piperidine rings is 1. The fraction of sp³-hybridized carbons (Fsp3) is 0.462. The van der Waals surface area contributed by atoms with Gasteiger partial charge in [0.25, 0.3) is 5.91 Å². The Morgan fingerprint density at radius 3 is 2.89 bits per heavy atom. The number of likely N-dealkylation sites (tertiary alicyclic amines) is 1. The van der Waals surface area contributed by atoms with Crippen LogP contribution in [-0.4, -0.2) is 35.0 Å². The fourth-order valence-electron chi connectivity index (χ4n) is 2.11. The van der Waals surface area contributed by atoms with Crippen LogP contribution in [0.15, 0.2) is 18.2 Å². The van der Waals surface area contributed by atoms with Gasteiger partial charge in [0.2, 0.25) is 0 Å². The first-order valence-corrected chi connectivity index (χ1v) is 7.10. The van der Waals surface area contributed by atoms with Crippen LogP contribution in [0.3, 0.4) is 0 Å². The standard InChI is InChI=1S/C13H17IN2O2/c1-8-4-5-16(7-11(8)15)13(18)9-2-3-10(14)12(17)6-9/h2-3,6,8,11,17H,4-5,7,15H2,1H3. The Hall–Kier alpha value is -0.820. The number of aromatic hydroxyl groups is 1. The Morgan fingerprint density at radius 1 is 1.56 bits per heavy atom. The van der Waals surface area contributed by atoms with E-state index in [1.54, 1.807) is 17.0 Å². The molecule has 1 heterocycles. The first-order chi connectivity index (χ1) is 8.49. The maximum absolute atomic E-state index is 12.3. The lowest BCUT2D eigenvalue weighted by atomic mass is 9.94. The molecule has 0 aromatic heterocycles. The minimum Gasteiger partial charge on any atom is -0.507 e. The van der Waals surface area contributed by atoms with E-state index in [2.05, 4.69) is 6.92 Å². The van der Waals surface area contributed by atoms with E-state index in [0.717, 1.165) is 16.5 Å². The van der Waals surface area contributed by atoms with Crippen molar-refractivity contribution in [3.63, 3.8) is 0 Å². The van der Waals surface area contributed by atoms with Crippen molar-refractivity contribution in [1.82, 2.24) is 4.90 Å². The van der Waals surface area contributed by atoms with Crippen molar-refractivity contribution in [2.24, 2.45) is 11.7 Å². The first-order valence-electron chi connectivity index (χ1n) is 6.02. The molecule has 3 N–H and O–H groups in total. The fourth-order valence-corrected chi connectivity index (χ4v) is 2.45. The van der Waals surface area contributed by atoms with Crippen LogP contribution in [-0.2, 0) is 0 Å². The second kappa shape index (κ2) is 5.44. The predicted octanol–water partition coefficient (Wildman–Crippen LogP) is 1.81. The van der Waals surface area contributed by atoms with Crippen molar-refractivity contribution >= 4 is 28.5 Å². The summed E-state index contributed by atoms with van der Waals surface area (Å²) in [5, 5.41) is 9.64. The molecule has 0 aliphatic carbocycles. The minimum atomic E-state index is -0.0518. The summed E-state index contributed by atoms with van der Waals surface area (Å²) >= 11 is 2.03.